The van der Waals surface area contributed by atoms with Gasteiger partial charge in [0.1, 0.15) is 11.6 Å². The SMILES string of the molecule is Cc1c(N)nc(C(C)C)nc1OCCCC(C)C. The highest BCUT2D eigenvalue weighted by molar-refractivity contribution is 5.44. The minimum absolute atomic E-state index is 0.255. The second kappa shape index (κ2) is 6.57. The van der Waals surface area contributed by atoms with Gasteiger partial charge in [0.25, 0.3) is 0 Å². The van der Waals surface area contributed by atoms with Gasteiger partial charge in [-0.05, 0) is 25.7 Å². The molecule has 0 aliphatic carbocycles. The molecule has 2 N–H and O–H groups in total. The lowest BCUT2D eigenvalue weighted by molar-refractivity contribution is 0.283. The predicted molar refractivity (Wildman–Crippen MR) is 74.8 cm³/mol. The van der Waals surface area contributed by atoms with E-state index in [0.29, 0.717) is 24.2 Å². The quantitative estimate of drug-likeness (QED) is 0.788. The van der Waals surface area contributed by atoms with Gasteiger partial charge in [0.05, 0.1) is 12.2 Å². The molecule has 0 saturated heterocycles. The number of anilines is 1. The van der Waals surface area contributed by atoms with E-state index < -0.39 is 0 Å². The van der Waals surface area contributed by atoms with Gasteiger partial charge in [-0.3, -0.25) is 0 Å². The number of nitrogens with two attached hydrogens (primary N) is 1. The van der Waals surface area contributed by atoms with Crippen molar-refractivity contribution < 1.29 is 4.74 Å². The summed E-state index contributed by atoms with van der Waals surface area (Å²) in [5.41, 5.74) is 6.72. The maximum atomic E-state index is 5.88. The molecule has 1 aromatic heterocycles. The Morgan fingerprint density at radius 2 is 1.83 bits per heavy atom. The summed E-state index contributed by atoms with van der Waals surface area (Å²) in [7, 11) is 0. The van der Waals surface area contributed by atoms with Crippen molar-refractivity contribution in [1.29, 1.82) is 0 Å². The van der Waals surface area contributed by atoms with E-state index in [1.807, 2.05) is 20.8 Å². The smallest absolute Gasteiger partial charge is 0.221 e. The van der Waals surface area contributed by atoms with E-state index in [-0.39, 0.29) is 5.92 Å². The van der Waals surface area contributed by atoms with Gasteiger partial charge in [0, 0.05) is 5.92 Å². The van der Waals surface area contributed by atoms with Crippen LogP contribution in [0.5, 0.6) is 5.88 Å². The molecular weight excluding hydrogens is 226 g/mol. The summed E-state index contributed by atoms with van der Waals surface area (Å²) in [5, 5.41) is 0. The first-order valence-corrected chi connectivity index (χ1v) is 6.68. The molecule has 1 rings (SSSR count). The highest BCUT2D eigenvalue weighted by atomic mass is 16.5. The first-order valence-electron chi connectivity index (χ1n) is 6.68. The molecule has 1 heterocycles. The van der Waals surface area contributed by atoms with E-state index in [1.165, 1.54) is 0 Å². The van der Waals surface area contributed by atoms with Gasteiger partial charge in [-0.25, -0.2) is 4.98 Å². The van der Waals surface area contributed by atoms with Crippen LogP contribution in [0.15, 0.2) is 0 Å². The van der Waals surface area contributed by atoms with Crippen LogP contribution < -0.4 is 10.5 Å². The van der Waals surface area contributed by atoms with Crippen LogP contribution in [0, 0.1) is 12.8 Å². The summed E-state index contributed by atoms with van der Waals surface area (Å²) in [5.74, 6) is 2.86. The van der Waals surface area contributed by atoms with Crippen LogP contribution in [-0.2, 0) is 0 Å². The molecular formula is C14H25N3O. The fraction of sp³-hybridized carbons (Fsp3) is 0.714. The third-order valence-corrected chi connectivity index (χ3v) is 2.84. The third-order valence-electron chi connectivity index (χ3n) is 2.84. The van der Waals surface area contributed by atoms with Gasteiger partial charge in [0.15, 0.2) is 0 Å². The van der Waals surface area contributed by atoms with Crippen LogP contribution in [0.2, 0.25) is 0 Å². The first-order chi connectivity index (χ1) is 8.41. The fourth-order valence-electron chi connectivity index (χ4n) is 1.59. The van der Waals surface area contributed by atoms with Crippen molar-refractivity contribution in [1.82, 2.24) is 9.97 Å². The normalized spacial score (nSPS) is 11.3. The van der Waals surface area contributed by atoms with Crippen molar-refractivity contribution in [3.05, 3.63) is 11.4 Å². The molecule has 0 atom stereocenters. The molecule has 102 valence electrons. The van der Waals surface area contributed by atoms with Crippen LogP contribution in [0.4, 0.5) is 5.82 Å². The zero-order valence-corrected chi connectivity index (χ0v) is 12.2. The van der Waals surface area contributed by atoms with Crippen molar-refractivity contribution in [2.24, 2.45) is 5.92 Å². The Kier molecular flexibility index (Phi) is 5.38. The van der Waals surface area contributed by atoms with Crippen molar-refractivity contribution >= 4 is 5.82 Å². The van der Waals surface area contributed by atoms with Gasteiger partial charge >= 0.3 is 0 Å². The number of nitrogen functional groups attached to an aromatic ring is 1. The van der Waals surface area contributed by atoms with E-state index in [4.69, 9.17) is 10.5 Å². The van der Waals surface area contributed by atoms with E-state index in [1.54, 1.807) is 0 Å². The maximum absolute atomic E-state index is 5.88. The fourth-order valence-corrected chi connectivity index (χ4v) is 1.59. The molecule has 0 aliphatic rings. The third kappa shape index (κ3) is 4.17. The van der Waals surface area contributed by atoms with Crippen LogP contribution >= 0.6 is 0 Å². The number of hydrogen-bond acceptors (Lipinski definition) is 4. The van der Waals surface area contributed by atoms with Crippen LogP contribution in [0.1, 0.15) is 57.8 Å². The summed E-state index contributed by atoms with van der Waals surface area (Å²) in [6.07, 6.45) is 2.20. The average molecular weight is 251 g/mol. The van der Waals surface area contributed by atoms with Gasteiger partial charge in [-0.15, -0.1) is 0 Å². The average Bonchev–Trinajstić information content (AvgIpc) is 2.28. The maximum Gasteiger partial charge on any atom is 0.221 e. The Bertz CT molecular complexity index is 389. The predicted octanol–water partition coefficient (Wildman–Crippen LogP) is 3.31. The summed E-state index contributed by atoms with van der Waals surface area (Å²) >= 11 is 0. The summed E-state index contributed by atoms with van der Waals surface area (Å²) in [4.78, 5) is 8.71. The number of nitrogens with zero attached hydrogens (tertiary/aromatic N) is 2. The molecule has 0 spiro atoms. The summed E-state index contributed by atoms with van der Waals surface area (Å²) in [6, 6.07) is 0. The van der Waals surface area contributed by atoms with Gasteiger partial charge in [-0.2, -0.15) is 4.98 Å². The standard InChI is InChI=1S/C14H25N3O/c1-9(2)7-6-8-18-14-11(5)12(15)16-13(17-14)10(3)4/h9-10H,6-8H2,1-5H3,(H2,15,16,17). The Morgan fingerprint density at radius 3 is 2.39 bits per heavy atom. The minimum Gasteiger partial charge on any atom is -0.477 e. The topological polar surface area (TPSA) is 61.0 Å². The molecule has 0 aliphatic heterocycles. The summed E-state index contributed by atoms with van der Waals surface area (Å²) < 4.78 is 5.73. The van der Waals surface area contributed by atoms with Crippen molar-refractivity contribution in [2.45, 2.75) is 53.4 Å². The largest absolute Gasteiger partial charge is 0.477 e. The molecule has 0 unspecified atom stereocenters. The van der Waals surface area contributed by atoms with E-state index in [0.717, 1.165) is 24.2 Å². The molecule has 0 amide bonds. The number of ether oxygens (including phenoxy) is 1. The molecule has 18 heavy (non-hydrogen) atoms. The molecule has 4 heteroatoms. The molecule has 0 radical (unpaired) electrons. The molecule has 4 nitrogen and oxygen atoms in total. The van der Waals surface area contributed by atoms with Crippen molar-refractivity contribution in [3.63, 3.8) is 0 Å². The van der Waals surface area contributed by atoms with Crippen LogP contribution in [0.25, 0.3) is 0 Å². The second-order valence-electron chi connectivity index (χ2n) is 5.44. The highest BCUT2D eigenvalue weighted by Gasteiger charge is 2.12. The monoisotopic (exact) mass is 251 g/mol. The number of rotatable bonds is 6. The van der Waals surface area contributed by atoms with Crippen molar-refractivity contribution in [2.75, 3.05) is 12.3 Å². The zero-order chi connectivity index (χ0) is 13.7. The first kappa shape index (κ1) is 14.7. The Hall–Kier alpha value is -1.32. The second-order valence-corrected chi connectivity index (χ2v) is 5.44. The van der Waals surface area contributed by atoms with Crippen LogP contribution in [-0.4, -0.2) is 16.6 Å². The molecule has 0 bridgehead atoms. The van der Waals surface area contributed by atoms with Gasteiger partial charge < -0.3 is 10.5 Å². The zero-order valence-electron chi connectivity index (χ0n) is 12.2. The van der Waals surface area contributed by atoms with E-state index in [2.05, 4.69) is 23.8 Å². The molecule has 0 saturated carbocycles. The van der Waals surface area contributed by atoms with Gasteiger partial charge in [0.2, 0.25) is 5.88 Å². The minimum atomic E-state index is 0.255. The molecule has 1 aromatic rings. The summed E-state index contributed by atoms with van der Waals surface area (Å²) in [6.45, 7) is 11.1. The lowest BCUT2D eigenvalue weighted by Gasteiger charge is -2.13. The Labute approximate surface area is 110 Å². The highest BCUT2D eigenvalue weighted by Crippen LogP contribution is 2.23. The molecule has 0 aromatic carbocycles. The number of hydrogen-bond donors (Lipinski definition) is 1. The van der Waals surface area contributed by atoms with E-state index in [9.17, 15) is 0 Å². The van der Waals surface area contributed by atoms with Crippen LogP contribution in [0.3, 0.4) is 0 Å². The van der Waals surface area contributed by atoms with Gasteiger partial charge in [-0.1, -0.05) is 27.7 Å². The lowest BCUT2D eigenvalue weighted by Crippen LogP contribution is -2.09. The molecule has 0 fully saturated rings. The Balaban J connectivity index is 2.69. The number of aromatic nitrogens is 2. The van der Waals surface area contributed by atoms with E-state index >= 15 is 0 Å². The lowest BCUT2D eigenvalue weighted by atomic mass is 10.1. The Morgan fingerprint density at radius 1 is 1.17 bits per heavy atom. The van der Waals surface area contributed by atoms with Crippen molar-refractivity contribution in [3.8, 4) is 5.88 Å².